The molecule has 17 heavy (non-hydrogen) atoms. The van der Waals surface area contributed by atoms with E-state index in [1.165, 1.54) is 25.7 Å². The Hall–Kier alpha value is 0.0969. The van der Waals surface area contributed by atoms with Crippen molar-refractivity contribution in [3.05, 3.63) is 0 Å². The van der Waals surface area contributed by atoms with Crippen LogP contribution in [0.3, 0.4) is 0 Å². The average molecular weight is 262 g/mol. The molecule has 0 fully saturated rings. The van der Waals surface area contributed by atoms with Crippen molar-refractivity contribution in [2.24, 2.45) is 0 Å². The van der Waals surface area contributed by atoms with Gasteiger partial charge in [0.1, 0.15) is 0 Å². The van der Waals surface area contributed by atoms with Gasteiger partial charge < -0.3 is 13.3 Å². The van der Waals surface area contributed by atoms with Crippen LogP contribution in [0.15, 0.2) is 0 Å². The first-order chi connectivity index (χ1) is 8.20. The van der Waals surface area contributed by atoms with E-state index in [1.807, 2.05) is 0 Å². The summed E-state index contributed by atoms with van der Waals surface area (Å²) in [4.78, 5) is 0. The molecule has 0 heterocycles. The molecular formula is C13H30O3Si. The van der Waals surface area contributed by atoms with Crippen molar-refractivity contribution >= 4 is 8.80 Å². The maximum atomic E-state index is 5.60. The van der Waals surface area contributed by atoms with Crippen molar-refractivity contribution in [3.8, 4) is 0 Å². The molecule has 3 nitrogen and oxygen atoms in total. The number of hydrogen-bond donors (Lipinski definition) is 0. The van der Waals surface area contributed by atoms with E-state index in [0.717, 1.165) is 19.3 Å². The van der Waals surface area contributed by atoms with Gasteiger partial charge in [-0.2, -0.15) is 0 Å². The lowest BCUT2D eigenvalue weighted by atomic mass is 10.1. The maximum absolute atomic E-state index is 5.60. The van der Waals surface area contributed by atoms with E-state index in [9.17, 15) is 0 Å². The fraction of sp³-hybridized carbons (Fsp3) is 1.00. The van der Waals surface area contributed by atoms with Crippen LogP contribution in [-0.4, -0.2) is 30.1 Å². The normalized spacial score (nSPS) is 13.9. The molecular weight excluding hydrogens is 232 g/mol. The van der Waals surface area contributed by atoms with E-state index in [0.29, 0.717) is 5.54 Å². The molecule has 0 bridgehead atoms. The summed E-state index contributed by atoms with van der Waals surface area (Å²) in [5, 5.41) is 0. The van der Waals surface area contributed by atoms with Crippen LogP contribution in [-0.2, 0) is 13.3 Å². The molecule has 104 valence electrons. The fourth-order valence-electron chi connectivity index (χ4n) is 2.41. The Morgan fingerprint density at radius 3 is 1.76 bits per heavy atom. The summed E-state index contributed by atoms with van der Waals surface area (Å²) in [6.45, 7) is 4.45. The summed E-state index contributed by atoms with van der Waals surface area (Å²) in [6.07, 6.45) is 8.61. The summed E-state index contributed by atoms with van der Waals surface area (Å²) in [5.41, 5.74) is 0.448. The third kappa shape index (κ3) is 5.51. The Kier molecular flexibility index (Phi) is 10.1. The highest BCUT2D eigenvalue weighted by Crippen LogP contribution is 2.33. The molecule has 0 aromatic heterocycles. The zero-order chi connectivity index (χ0) is 13.1. The second-order valence-electron chi connectivity index (χ2n) is 4.55. The van der Waals surface area contributed by atoms with E-state index in [4.69, 9.17) is 13.3 Å². The standard InChI is InChI=1S/C13H30O3Si/c1-6-8-9-10-12-13(11-7-2)17(14-3,15-4)16-5/h13H,6-12H2,1-5H3. The van der Waals surface area contributed by atoms with Gasteiger partial charge in [0.25, 0.3) is 0 Å². The quantitative estimate of drug-likeness (QED) is 0.416. The summed E-state index contributed by atoms with van der Waals surface area (Å²) in [5.74, 6) is 0. The van der Waals surface area contributed by atoms with Crippen LogP contribution in [0.5, 0.6) is 0 Å². The Morgan fingerprint density at radius 1 is 0.765 bits per heavy atom. The van der Waals surface area contributed by atoms with Crippen molar-refractivity contribution in [1.82, 2.24) is 0 Å². The topological polar surface area (TPSA) is 27.7 Å². The third-order valence-electron chi connectivity index (χ3n) is 3.40. The molecule has 4 heteroatoms. The average Bonchev–Trinajstić information content (AvgIpc) is 2.37. The van der Waals surface area contributed by atoms with Crippen molar-refractivity contribution < 1.29 is 13.3 Å². The first-order valence-corrected chi connectivity index (χ1v) is 8.66. The van der Waals surface area contributed by atoms with Gasteiger partial charge in [0.05, 0.1) is 0 Å². The lowest BCUT2D eigenvalue weighted by Gasteiger charge is -2.32. The molecule has 0 N–H and O–H groups in total. The van der Waals surface area contributed by atoms with E-state index in [2.05, 4.69) is 13.8 Å². The molecule has 1 unspecified atom stereocenters. The molecule has 0 saturated heterocycles. The smallest absolute Gasteiger partial charge is 0.377 e. The Balaban J connectivity index is 4.35. The SMILES string of the molecule is CCCCCCC(CCC)[Si](OC)(OC)OC. The van der Waals surface area contributed by atoms with Gasteiger partial charge in [-0.25, -0.2) is 0 Å². The minimum absolute atomic E-state index is 0.448. The van der Waals surface area contributed by atoms with Crippen molar-refractivity contribution in [1.29, 1.82) is 0 Å². The van der Waals surface area contributed by atoms with E-state index in [-0.39, 0.29) is 0 Å². The second-order valence-corrected chi connectivity index (χ2v) is 7.80. The zero-order valence-electron chi connectivity index (χ0n) is 12.3. The Labute approximate surface area is 108 Å². The van der Waals surface area contributed by atoms with Gasteiger partial charge in [0.2, 0.25) is 0 Å². The molecule has 0 saturated carbocycles. The largest absolute Gasteiger partial charge is 0.503 e. The van der Waals surface area contributed by atoms with Gasteiger partial charge in [0.15, 0.2) is 0 Å². The molecule has 0 radical (unpaired) electrons. The lowest BCUT2D eigenvalue weighted by Crippen LogP contribution is -2.47. The Morgan fingerprint density at radius 2 is 1.35 bits per heavy atom. The van der Waals surface area contributed by atoms with Gasteiger partial charge >= 0.3 is 8.80 Å². The molecule has 0 aliphatic heterocycles. The van der Waals surface area contributed by atoms with Crippen LogP contribution in [0.1, 0.15) is 58.8 Å². The van der Waals surface area contributed by atoms with Crippen LogP contribution in [0.4, 0.5) is 0 Å². The molecule has 0 aromatic carbocycles. The van der Waals surface area contributed by atoms with Gasteiger partial charge in [-0.15, -0.1) is 0 Å². The third-order valence-corrected chi connectivity index (χ3v) is 6.68. The van der Waals surface area contributed by atoms with Crippen LogP contribution < -0.4 is 0 Å². The second kappa shape index (κ2) is 10.1. The van der Waals surface area contributed by atoms with Crippen molar-refractivity contribution in [3.63, 3.8) is 0 Å². The zero-order valence-corrected chi connectivity index (χ0v) is 13.3. The van der Waals surface area contributed by atoms with Gasteiger partial charge in [-0.05, 0) is 12.8 Å². The molecule has 0 amide bonds. The monoisotopic (exact) mass is 262 g/mol. The van der Waals surface area contributed by atoms with Crippen LogP contribution in [0.2, 0.25) is 5.54 Å². The van der Waals surface area contributed by atoms with Gasteiger partial charge in [0, 0.05) is 26.9 Å². The predicted molar refractivity (Wildman–Crippen MR) is 74.2 cm³/mol. The Bertz CT molecular complexity index is 164. The highest BCUT2D eigenvalue weighted by Gasteiger charge is 2.45. The first kappa shape index (κ1) is 17.1. The maximum Gasteiger partial charge on any atom is 0.503 e. The predicted octanol–water partition coefficient (Wildman–Crippen LogP) is 4.01. The molecule has 0 spiro atoms. The van der Waals surface area contributed by atoms with Gasteiger partial charge in [-0.1, -0.05) is 46.0 Å². The highest BCUT2D eigenvalue weighted by molar-refractivity contribution is 6.62. The summed E-state index contributed by atoms with van der Waals surface area (Å²) >= 11 is 0. The van der Waals surface area contributed by atoms with Gasteiger partial charge in [-0.3, -0.25) is 0 Å². The number of rotatable bonds is 11. The van der Waals surface area contributed by atoms with Crippen LogP contribution in [0, 0.1) is 0 Å². The van der Waals surface area contributed by atoms with E-state index in [1.54, 1.807) is 21.3 Å². The molecule has 1 atom stereocenters. The highest BCUT2D eigenvalue weighted by atomic mass is 28.4. The van der Waals surface area contributed by atoms with Crippen LogP contribution in [0.25, 0.3) is 0 Å². The fourth-order valence-corrected chi connectivity index (χ4v) is 5.11. The first-order valence-electron chi connectivity index (χ1n) is 6.86. The van der Waals surface area contributed by atoms with Crippen LogP contribution >= 0.6 is 0 Å². The number of unbranched alkanes of at least 4 members (excludes halogenated alkanes) is 3. The van der Waals surface area contributed by atoms with Crippen molar-refractivity contribution in [2.75, 3.05) is 21.3 Å². The lowest BCUT2D eigenvalue weighted by molar-refractivity contribution is 0.107. The minimum Gasteiger partial charge on any atom is -0.377 e. The van der Waals surface area contributed by atoms with Crippen molar-refractivity contribution in [2.45, 2.75) is 64.3 Å². The summed E-state index contributed by atoms with van der Waals surface area (Å²) < 4.78 is 16.8. The molecule has 0 aliphatic rings. The molecule has 0 aromatic rings. The summed E-state index contributed by atoms with van der Waals surface area (Å²) in [6, 6.07) is 0. The van der Waals surface area contributed by atoms with E-state index >= 15 is 0 Å². The summed E-state index contributed by atoms with van der Waals surface area (Å²) in [7, 11) is 2.72. The minimum atomic E-state index is -2.43. The number of hydrogen-bond acceptors (Lipinski definition) is 3. The molecule has 0 aliphatic carbocycles. The van der Waals surface area contributed by atoms with E-state index < -0.39 is 8.80 Å². The molecule has 0 rings (SSSR count).